The Bertz CT molecular complexity index is 1750. The Kier molecular flexibility index (Phi) is 6.12. The van der Waals surface area contributed by atoms with Gasteiger partial charge in [-0.05, 0) is 44.0 Å². The van der Waals surface area contributed by atoms with E-state index in [1.807, 2.05) is 0 Å². The van der Waals surface area contributed by atoms with Crippen LogP contribution in [0.2, 0.25) is 0 Å². The number of sulfone groups is 1. The lowest BCUT2D eigenvalue weighted by Crippen LogP contribution is -2.45. The zero-order valence-electron chi connectivity index (χ0n) is 20.1. The predicted octanol–water partition coefficient (Wildman–Crippen LogP) is 0.643. The van der Waals surface area contributed by atoms with Crippen LogP contribution in [0.4, 0.5) is 0 Å². The molecule has 0 saturated carbocycles. The lowest BCUT2D eigenvalue weighted by Gasteiger charge is -2.34. The summed E-state index contributed by atoms with van der Waals surface area (Å²) in [4.78, 5) is 55.0. The Morgan fingerprint density at radius 2 is 1.84 bits per heavy atom. The average Bonchev–Trinajstić information content (AvgIpc) is 2.87. The van der Waals surface area contributed by atoms with Gasteiger partial charge in [0.2, 0.25) is 0 Å². The van der Waals surface area contributed by atoms with Crippen LogP contribution < -0.4 is 11.2 Å². The second-order valence-electron chi connectivity index (χ2n) is 9.10. The first-order valence-electron chi connectivity index (χ1n) is 11.6. The Labute approximate surface area is 210 Å². The van der Waals surface area contributed by atoms with Crippen molar-refractivity contribution in [3.63, 3.8) is 0 Å². The van der Waals surface area contributed by atoms with E-state index in [1.165, 1.54) is 30.0 Å². The monoisotopic (exact) mass is 524 g/mol. The molecule has 0 bridgehead atoms. The third-order valence-electron chi connectivity index (χ3n) is 6.52. The van der Waals surface area contributed by atoms with Gasteiger partial charge in [-0.15, -0.1) is 0 Å². The number of amides is 1. The minimum absolute atomic E-state index is 0.0649. The average molecular weight is 525 g/mol. The maximum atomic E-state index is 13.1. The third-order valence-corrected chi connectivity index (χ3v) is 7.52. The van der Waals surface area contributed by atoms with Crippen molar-refractivity contribution in [1.29, 1.82) is 0 Å². The topological polar surface area (TPSA) is 168 Å². The number of carbonyl (C=O) groups is 1. The molecular formula is C24H24N6O6S. The number of piperidine rings is 1. The SMILES string of the molecule is C[C@H](O)C(=O)N1CCC(n2c(=O)[nH]c(=O)c3cnc4ccc(-c5ccc(S(C)(=O)=O)nc5)nc4c32)CC1. The number of H-pyrrole nitrogens is 1. The highest BCUT2D eigenvalue weighted by Crippen LogP contribution is 2.29. The minimum atomic E-state index is -3.46. The normalized spacial score (nSPS) is 15.8. The highest BCUT2D eigenvalue weighted by molar-refractivity contribution is 7.90. The fourth-order valence-electron chi connectivity index (χ4n) is 4.66. The summed E-state index contributed by atoms with van der Waals surface area (Å²) in [5.74, 6) is -0.367. The zero-order valence-corrected chi connectivity index (χ0v) is 20.9. The largest absolute Gasteiger partial charge is 0.384 e. The molecule has 1 atom stereocenters. The predicted molar refractivity (Wildman–Crippen MR) is 135 cm³/mol. The first kappa shape index (κ1) is 24.7. The van der Waals surface area contributed by atoms with Crippen LogP contribution in [-0.2, 0) is 14.6 Å². The van der Waals surface area contributed by atoms with E-state index in [2.05, 4.69) is 15.0 Å². The number of likely N-dealkylation sites (tertiary alicyclic amines) is 1. The van der Waals surface area contributed by atoms with Crippen molar-refractivity contribution in [2.24, 2.45) is 0 Å². The molecule has 192 valence electrons. The van der Waals surface area contributed by atoms with Crippen LogP contribution in [0.15, 0.2) is 51.3 Å². The van der Waals surface area contributed by atoms with Gasteiger partial charge < -0.3 is 10.0 Å². The number of fused-ring (bicyclic) bond motifs is 3. The van der Waals surface area contributed by atoms with Crippen molar-refractivity contribution < 1.29 is 18.3 Å². The Balaban J connectivity index is 1.64. The summed E-state index contributed by atoms with van der Waals surface area (Å²) in [6.45, 7) is 2.12. The summed E-state index contributed by atoms with van der Waals surface area (Å²) in [5, 5.41) is 9.76. The van der Waals surface area contributed by atoms with E-state index in [0.717, 1.165) is 6.26 Å². The number of aliphatic hydroxyl groups excluding tert-OH is 1. The van der Waals surface area contributed by atoms with Crippen LogP contribution in [-0.4, -0.2) is 74.3 Å². The molecule has 4 aromatic rings. The summed E-state index contributed by atoms with van der Waals surface area (Å²) in [6, 6.07) is 6.07. The Hall–Kier alpha value is -3.97. The molecule has 1 amide bonds. The molecule has 0 unspecified atom stereocenters. The lowest BCUT2D eigenvalue weighted by atomic mass is 10.0. The highest BCUT2D eigenvalue weighted by Gasteiger charge is 2.28. The molecule has 37 heavy (non-hydrogen) atoms. The first-order chi connectivity index (χ1) is 17.5. The first-order valence-corrected chi connectivity index (χ1v) is 13.5. The van der Waals surface area contributed by atoms with Gasteiger partial charge in [-0.3, -0.25) is 24.1 Å². The van der Waals surface area contributed by atoms with Crippen molar-refractivity contribution in [2.45, 2.75) is 36.9 Å². The molecule has 0 spiro atoms. The molecule has 12 nitrogen and oxygen atoms in total. The second-order valence-corrected chi connectivity index (χ2v) is 11.1. The van der Waals surface area contributed by atoms with E-state index in [4.69, 9.17) is 4.98 Å². The number of nitrogens with one attached hydrogen (secondary N) is 1. The van der Waals surface area contributed by atoms with Crippen molar-refractivity contribution in [3.05, 3.63) is 57.5 Å². The third kappa shape index (κ3) is 4.51. The standard InChI is InChI=1S/C24H24N6O6S/c1-13(31)23(33)29-9-7-15(8-10-29)30-21-16(22(32)28-24(30)34)12-25-18-5-4-17(27-20(18)21)14-3-6-19(26-11-14)37(2,35)36/h3-6,11-13,15,31H,7-10H2,1-2H3,(H,28,32,34)/t13-/m0/s1. The fraction of sp³-hybridized carbons (Fsp3) is 0.333. The molecule has 5 heterocycles. The van der Waals surface area contributed by atoms with Crippen molar-refractivity contribution >= 4 is 37.7 Å². The number of aromatic amines is 1. The maximum Gasteiger partial charge on any atom is 0.329 e. The number of pyridine rings is 3. The number of hydrogen-bond donors (Lipinski definition) is 2. The quantitative estimate of drug-likeness (QED) is 0.364. The van der Waals surface area contributed by atoms with E-state index in [9.17, 15) is 27.9 Å². The lowest BCUT2D eigenvalue weighted by molar-refractivity contribution is -0.140. The molecule has 4 aromatic heterocycles. The molecule has 0 radical (unpaired) electrons. The molecule has 1 fully saturated rings. The number of carbonyl (C=O) groups excluding carboxylic acids is 1. The minimum Gasteiger partial charge on any atom is -0.384 e. The van der Waals surface area contributed by atoms with E-state index < -0.39 is 27.2 Å². The van der Waals surface area contributed by atoms with Gasteiger partial charge in [-0.25, -0.2) is 23.2 Å². The van der Waals surface area contributed by atoms with E-state index in [1.54, 1.807) is 23.1 Å². The van der Waals surface area contributed by atoms with E-state index in [0.29, 0.717) is 53.7 Å². The molecule has 1 saturated heterocycles. The number of hydrogen-bond acceptors (Lipinski definition) is 9. The highest BCUT2D eigenvalue weighted by atomic mass is 32.2. The van der Waals surface area contributed by atoms with Crippen molar-refractivity contribution in [2.75, 3.05) is 19.3 Å². The van der Waals surface area contributed by atoms with Crippen molar-refractivity contribution in [1.82, 2.24) is 29.4 Å². The molecule has 2 N–H and O–H groups in total. The Morgan fingerprint density at radius 3 is 2.46 bits per heavy atom. The van der Waals surface area contributed by atoms with Crippen LogP contribution in [0.3, 0.4) is 0 Å². The smallest absolute Gasteiger partial charge is 0.329 e. The van der Waals surface area contributed by atoms with Gasteiger partial charge in [0.25, 0.3) is 11.5 Å². The summed E-state index contributed by atoms with van der Waals surface area (Å²) in [5.41, 5.74) is 0.989. The van der Waals surface area contributed by atoms with Crippen LogP contribution in [0.25, 0.3) is 33.2 Å². The van der Waals surface area contributed by atoms with E-state index in [-0.39, 0.29) is 22.4 Å². The summed E-state index contributed by atoms with van der Waals surface area (Å²) < 4.78 is 25.0. The number of rotatable bonds is 4. The van der Waals surface area contributed by atoms with Crippen LogP contribution in [0.5, 0.6) is 0 Å². The van der Waals surface area contributed by atoms with Gasteiger partial charge in [0.1, 0.15) is 11.6 Å². The molecule has 13 heteroatoms. The molecule has 1 aliphatic rings. The van der Waals surface area contributed by atoms with Crippen LogP contribution >= 0.6 is 0 Å². The molecule has 0 aliphatic carbocycles. The molecule has 0 aromatic carbocycles. The van der Waals surface area contributed by atoms with Gasteiger partial charge in [-0.1, -0.05) is 0 Å². The summed E-state index contributed by atoms with van der Waals surface area (Å²) in [6.07, 6.45) is 3.66. The molecule has 5 rings (SSSR count). The molecule has 1 aliphatic heterocycles. The zero-order chi connectivity index (χ0) is 26.5. The van der Waals surface area contributed by atoms with Crippen LogP contribution in [0, 0.1) is 0 Å². The van der Waals surface area contributed by atoms with Gasteiger partial charge in [0.15, 0.2) is 14.9 Å². The number of aliphatic hydroxyl groups is 1. The van der Waals surface area contributed by atoms with E-state index >= 15 is 0 Å². The number of aromatic nitrogens is 5. The van der Waals surface area contributed by atoms with Gasteiger partial charge in [-0.2, -0.15) is 0 Å². The van der Waals surface area contributed by atoms with Gasteiger partial charge in [0, 0.05) is 43.3 Å². The second kappa shape index (κ2) is 9.16. The fourth-order valence-corrected chi connectivity index (χ4v) is 5.22. The molecular weight excluding hydrogens is 500 g/mol. The summed E-state index contributed by atoms with van der Waals surface area (Å²) >= 11 is 0. The maximum absolute atomic E-state index is 13.1. The summed E-state index contributed by atoms with van der Waals surface area (Å²) in [7, 11) is -3.46. The van der Waals surface area contributed by atoms with Crippen LogP contribution in [0.1, 0.15) is 25.8 Å². The number of nitrogens with zero attached hydrogens (tertiary/aromatic N) is 5. The Morgan fingerprint density at radius 1 is 1.11 bits per heavy atom. The van der Waals surface area contributed by atoms with Gasteiger partial charge >= 0.3 is 5.69 Å². The van der Waals surface area contributed by atoms with Gasteiger partial charge in [0.05, 0.1) is 22.1 Å². The van der Waals surface area contributed by atoms with Crippen molar-refractivity contribution in [3.8, 4) is 11.3 Å².